The molecule has 0 fully saturated rings. The maximum absolute atomic E-state index is 12.1. The van der Waals surface area contributed by atoms with Gasteiger partial charge in [-0.1, -0.05) is 12.1 Å². The second-order valence-electron chi connectivity index (χ2n) is 5.87. The third-order valence-electron chi connectivity index (χ3n) is 4.16. The lowest BCUT2D eigenvalue weighted by atomic mass is 9.99. The topological polar surface area (TPSA) is 129 Å². The molecule has 0 aliphatic carbocycles. The Morgan fingerprint density at radius 3 is 2.54 bits per heavy atom. The summed E-state index contributed by atoms with van der Waals surface area (Å²) >= 11 is 0. The number of aromatic nitrogens is 1. The van der Waals surface area contributed by atoms with Gasteiger partial charge in [0.15, 0.2) is 0 Å². The van der Waals surface area contributed by atoms with E-state index >= 15 is 0 Å². The molecular formula is C18H18N4O4. The predicted octanol–water partition coefficient (Wildman–Crippen LogP) is 2.02. The number of rotatable bonds is 6. The minimum atomic E-state index is -0.479. The summed E-state index contributed by atoms with van der Waals surface area (Å²) in [6, 6.07) is 7.84. The largest absolute Gasteiger partial charge is 0.352 e. The number of carbonyl (C=O) groups excluding carboxylic acids is 1. The van der Waals surface area contributed by atoms with Crippen LogP contribution in [0.5, 0.6) is 0 Å². The molecule has 8 nitrogen and oxygen atoms in total. The van der Waals surface area contributed by atoms with E-state index in [1.807, 2.05) is 6.07 Å². The number of aryl methyl sites for hydroxylation is 1. The van der Waals surface area contributed by atoms with Gasteiger partial charge in [-0.2, -0.15) is 5.26 Å². The van der Waals surface area contributed by atoms with E-state index in [4.69, 9.17) is 5.26 Å². The van der Waals surface area contributed by atoms with Crippen LogP contribution in [-0.2, 0) is 17.8 Å². The molecule has 0 unspecified atom stereocenters. The Kier molecular flexibility index (Phi) is 5.86. The van der Waals surface area contributed by atoms with Crippen LogP contribution in [0.2, 0.25) is 0 Å². The van der Waals surface area contributed by atoms with Gasteiger partial charge in [0.25, 0.3) is 11.2 Å². The molecule has 0 aliphatic rings. The monoisotopic (exact) mass is 354 g/mol. The van der Waals surface area contributed by atoms with Crippen molar-refractivity contribution in [3.05, 3.63) is 72.7 Å². The molecule has 1 amide bonds. The fraction of sp³-hybridized carbons (Fsp3) is 0.278. The molecule has 1 aromatic heterocycles. The van der Waals surface area contributed by atoms with Crippen molar-refractivity contribution in [3.8, 4) is 6.07 Å². The third-order valence-corrected chi connectivity index (χ3v) is 4.16. The van der Waals surface area contributed by atoms with E-state index in [1.165, 1.54) is 12.1 Å². The molecule has 0 spiro atoms. The molecule has 1 aromatic carbocycles. The van der Waals surface area contributed by atoms with Crippen LogP contribution in [-0.4, -0.2) is 15.8 Å². The van der Waals surface area contributed by atoms with Crippen LogP contribution in [0.4, 0.5) is 5.69 Å². The standard InChI is InChI=1S/C18H18N4O4/c1-11-15(12(2)21-18(24)16(11)9-19)7-8-17(23)20-10-13-3-5-14(6-4-13)22(25)26/h3-6H,7-8,10H2,1-2H3,(H,20,23)(H,21,24). The summed E-state index contributed by atoms with van der Waals surface area (Å²) in [5.41, 5.74) is 2.42. The number of carbonyl (C=O) groups is 1. The second kappa shape index (κ2) is 8.07. The molecule has 2 rings (SSSR count). The van der Waals surface area contributed by atoms with Crippen LogP contribution in [0.3, 0.4) is 0 Å². The summed E-state index contributed by atoms with van der Waals surface area (Å²) in [6.45, 7) is 3.70. The van der Waals surface area contributed by atoms with Crippen molar-refractivity contribution in [2.75, 3.05) is 0 Å². The van der Waals surface area contributed by atoms with E-state index in [0.717, 1.165) is 11.1 Å². The molecular weight excluding hydrogens is 336 g/mol. The highest BCUT2D eigenvalue weighted by molar-refractivity contribution is 5.76. The van der Waals surface area contributed by atoms with Gasteiger partial charge in [0, 0.05) is 30.8 Å². The number of non-ortho nitro benzene ring substituents is 1. The zero-order valence-corrected chi connectivity index (χ0v) is 14.5. The highest BCUT2D eigenvalue weighted by Crippen LogP contribution is 2.15. The fourth-order valence-electron chi connectivity index (χ4n) is 2.68. The molecule has 0 bridgehead atoms. The first-order chi connectivity index (χ1) is 12.3. The Morgan fingerprint density at radius 1 is 1.31 bits per heavy atom. The molecule has 26 heavy (non-hydrogen) atoms. The first kappa shape index (κ1) is 18.9. The number of pyridine rings is 1. The molecule has 0 saturated heterocycles. The SMILES string of the molecule is Cc1[nH]c(=O)c(C#N)c(C)c1CCC(=O)NCc1ccc([N+](=O)[O-])cc1. The van der Waals surface area contributed by atoms with Crippen molar-refractivity contribution in [1.82, 2.24) is 10.3 Å². The van der Waals surface area contributed by atoms with Crippen molar-refractivity contribution in [2.24, 2.45) is 0 Å². The van der Waals surface area contributed by atoms with Gasteiger partial charge in [-0.15, -0.1) is 0 Å². The Bertz CT molecular complexity index is 939. The fourth-order valence-corrected chi connectivity index (χ4v) is 2.68. The number of H-pyrrole nitrogens is 1. The van der Waals surface area contributed by atoms with Gasteiger partial charge in [0.1, 0.15) is 11.6 Å². The summed E-state index contributed by atoms with van der Waals surface area (Å²) in [5, 5.41) is 22.4. The molecule has 0 radical (unpaired) electrons. The van der Waals surface area contributed by atoms with Gasteiger partial charge < -0.3 is 10.3 Å². The summed E-state index contributed by atoms with van der Waals surface area (Å²) in [5.74, 6) is -0.188. The van der Waals surface area contributed by atoms with E-state index < -0.39 is 10.5 Å². The zero-order chi connectivity index (χ0) is 19.3. The highest BCUT2D eigenvalue weighted by atomic mass is 16.6. The van der Waals surface area contributed by atoms with Crippen molar-refractivity contribution in [2.45, 2.75) is 33.2 Å². The number of nitriles is 1. The Morgan fingerprint density at radius 2 is 1.96 bits per heavy atom. The van der Waals surface area contributed by atoms with Crippen LogP contribution in [0.25, 0.3) is 0 Å². The number of hydrogen-bond donors (Lipinski definition) is 2. The van der Waals surface area contributed by atoms with Crippen molar-refractivity contribution in [1.29, 1.82) is 5.26 Å². The van der Waals surface area contributed by atoms with Gasteiger partial charge in [0.2, 0.25) is 5.91 Å². The number of hydrogen-bond acceptors (Lipinski definition) is 5. The Hall–Kier alpha value is -3.47. The predicted molar refractivity (Wildman–Crippen MR) is 94.5 cm³/mol. The lowest BCUT2D eigenvalue weighted by molar-refractivity contribution is -0.384. The first-order valence-corrected chi connectivity index (χ1v) is 7.96. The average Bonchev–Trinajstić information content (AvgIpc) is 2.60. The van der Waals surface area contributed by atoms with Crippen LogP contribution in [0, 0.1) is 35.3 Å². The van der Waals surface area contributed by atoms with E-state index in [2.05, 4.69) is 10.3 Å². The molecule has 2 aromatic rings. The van der Waals surface area contributed by atoms with Gasteiger partial charge >= 0.3 is 0 Å². The quantitative estimate of drug-likeness (QED) is 0.605. The summed E-state index contributed by atoms with van der Waals surface area (Å²) < 4.78 is 0. The van der Waals surface area contributed by atoms with E-state index in [9.17, 15) is 19.7 Å². The maximum Gasteiger partial charge on any atom is 0.269 e. The number of nitro benzene ring substituents is 1. The lowest BCUT2D eigenvalue weighted by Gasteiger charge is -2.11. The number of nitrogens with one attached hydrogen (secondary N) is 2. The van der Waals surface area contributed by atoms with Crippen molar-refractivity contribution in [3.63, 3.8) is 0 Å². The van der Waals surface area contributed by atoms with Gasteiger partial charge in [-0.3, -0.25) is 19.7 Å². The van der Waals surface area contributed by atoms with Gasteiger partial charge in [-0.05, 0) is 37.0 Å². The smallest absolute Gasteiger partial charge is 0.269 e. The summed E-state index contributed by atoms with van der Waals surface area (Å²) in [7, 11) is 0. The van der Waals surface area contributed by atoms with E-state index in [-0.39, 0.29) is 30.1 Å². The van der Waals surface area contributed by atoms with Gasteiger partial charge in [0.05, 0.1) is 4.92 Å². The molecule has 134 valence electrons. The average molecular weight is 354 g/mol. The highest BCUT2D eigenvalue weighted by Gasteiger charge is 2.13. The zero-order valence-electron chi connectivity index (χ0n) is 14.5. The molecule has 8 heteroatoms. The van der Waals surface area contributed by atoms with Crippen LogP contribution in [0.1, 0.15) is 34.4 Å². The number of aromatic amines is 1. The minimum absolute atomic E-state index is 0.00241. The Balaban J connectivity index is 1.96. The minimum Gasteiger partial charge on any atom is -0.352 e. The number of benzene rings is 1. The molecule has 0 saturated carbocycles. The molecule has 2 N–H and O–H groups in total. The van der Waals surface area contributed by atoms with E-state index in [0.29, 0.717) is 17.7 Å². The number of amides is 1. The number of nitrogens with zero attached hydrogens (tertiary/aromatic N) is 2. The summed E-state index contributed by atoms with van der Waals surface area (Å²) in [4.78, 5) is 36.5. The van der Waals surface area contributed by atoms with Gasteiger partial charge in [-0.25, -0.2) is 0 Å². The molecule has 0 aliphatic heterocycles. The Labute approximate surface area is 149 Å². The van der Waals surface area contributed by atoms with Crippen LogP contribution < -0.4 is 10.9 Å². The van der Waals surface area contributed by atoms with Crippen LogP contribution >= 0.6 is 0 Å². The third kappa shape index (κ3) is 4.33. The molecule has 1 heterocycles. The lowest BCUT2D eigenvalue weighted by Crippen LogP contribution is -2.24. The van der Waals surface area contributed by atoms with Crippen molar-refractivity contribution >= 4 is 11.6 Å². The normalized spacial score (nSPS) is 10.2. The number of nitro groups is 1. The molecule has 0 atom stereocenters. The van der Waals surface area contributed by atoms with Crippen molar-refractivity contribution < 1.29 is 9.72 Å². The maximum atomic E-state index is 12.1. The first-order valence-electron chi connectivity index (χ1n) is 7.96. The summed E-state index contributed by atoms with van der Waals surface area (Å²) in [6.07, 6.45) is 0.598. The van der Waals surface area contributed by atoms with Crippen LogP contribution in [0.15, 0.2) is 29.1 Å². The second-order valence-corrected chi connectivity index (χ2v) is 5.87. The van der Waals surface area contributed by atoms with E-state index in [1.54, 1.807) is 26.0 Å².